The SMILES string of the molecule is O=c1cc(-c2cccc(S(=O)(=O)Cl)c2)[nH]o1. The quantitative estimate of drug-likeness (QED) is 0.830. The highest BCUT2D eigenvalue weighted by atomic mass is 35.7. The van der Waals surface area contributed by atoms with Crippen LogP contribution in [0.3, 0.4) is 0 Å². The zero-order valence-corrected chi connectivity index (χ0v) is 9.38. The van der Waals surface area contributed by atoms with Gasteiger partial charge in [0.1, 0.15) is 0 Å². The Balaban J connectivity index is 2.56. The molecular formula is C9H6ClNO4S. The molecule has 0 saturated carbocycles. The first-order chi connectivity index (χ1) is 7.47. The number of H-pyrrole nitrogens is 1. The predicted octanol–water partition coefficient (Wildman–Crippen LogP) is 1.56. The van der Waals surface area contributed by atoms with Crippen molar-refractivity contribution in [1.29, 1.82) is 0 Å². The van der Waals surface area contributed by atoms with E-state index in [0.717, 1.165) is 0 Å². The van der Waals surface area contributed by atoms with Crippen molar-refractivity contribution in [2.24, 2.45) is 0 Å². The summed E-state index contributed by atoms with van der Waals surface area (Å²) < 4.78 is 26.7. The summed E-state index contributed by atoms with van der Waals surface area (Å²) in [4.78, 5) is 10.8. The summed E-state index contributed by atoms with van der Waals surface area (Å²) in [7, 11) is 1.42. The molecule has 1 aromatic carbocycles. The molecule has 0 aliphatic carbocycles. The summed E-state index contributed by atoms with van der Waals surface area (Å²) in [5.41, 5.74) is 0.369. The number of aromatic nitrogens is 1. The standard InChI is InChI=1S/C9H6ClNO4S/c10-16(13,14)7-3-1-2-6(4-7)8-5-9(12)15-11-8/h1-5,11H. The third kappa shape index (κ3) is 2.17. The van der Waals surface area contributed by atoms with Gasteiger partial charge in [-0.2, -0.15) is 0 Å². The maximum atomic E-state index is 11.1. The van der Waals surface area contributed by atoms with Gasteiger partial charge in [0.25, 0.3) is 9.05 Å². The molecule has 2 rings (SSSR count). The zero-order chi connectivity index (χ0) is 11.8. The number of hydrogen-bond donors (Lipinski definition) is 1. The van der Waals surface area contributed by atoms with Crippen LogP contribution in [0.5, 0.6) is 0 Å². The number of hydrogen-bond acceptors (Lipinski definition) is 4. The first kappa shape index (κ1) is 11.0. The predicted molar refractivity (Wildman–Crippen MR) is 57.8 cm³/mol. The number of rotatable bonds is 2. The first-order valence-electron chi connectivity index (χ1n) is 4.20. The normalized spacial score (nSPS) is 11.6. The van der Waals surface area contributed by atoms with Gasteiger partial charge < -0.3 is 4.52 Å². The molecule has 0 amide bonds. The molecule has 5 nitrogen and oxygen atoms in total. The lowest BCUT2D eigenvalue weighted by molar-refractivity contribution is 0.394. The summed E-state index contributed by atoms with van der Waals surface area (Å²) >= 11 is 0. The van der Waals surface area contributed by atoms with Crippen LogP contribution in [0.15, 0.2) is 44.5 Å². The van der Waals surface area contributed by atoms with E-state index < -0.39 is 14.7 Å². The van der Waals surface area contributed by atoms with E-state index in [0.29, 0.717) is 11.3 Å². The van der Waals surface area contributed by atoms with Gasteiger partial charge in [0.05, 0.1) is 16.7 Å². The third-order valence-electron chi connectivity index (χ3n) is 1.95. The highest BCUT2D eigenvalue weighted by molar-refractivity contribution is 8.13. The Bertz CT molecular complexity index is 671. The molecule has 1 heterocycles. The van der Waals surface area contributed by atoms with Gasteiger partial charge >= 0.3 is 5.63 Å². The van der Waals surface area contributed by atoms with Crippen LogP contribution < -0.4 is 5.63 Å². The Morgan fingerprint density at radius 1 is 1.25 bits per heavy atom. The van der Waals surface area contributed by atoms with Crippen LogP contribution in [0.25, 0.3) is 11.3 Å². The van der Waals surface area contributed by atoms with Crippen LogP contribution in [-0.2, 0) is 9.05 Å². The summed E-state index contributed by atoms with van der Waals surface area (Å²) in [6.07, 6.45) is 0. The van der Waals surface area contributed by atoms with Crippen LogP contribution in [0.4, 0.5) is 0 Å². The lowest BCUT2D eigenvalue weighted by Crippen LogP contribution is -1.91. The minimum Gasteiger partial charge on any atom is -0.339 e. The summed E-state index contributed by atoms with van der Waals surface area (Å²) in [5.74, 6) is 0. The highest BCUT2D eigenvalue weighted by Gasteiger charge is 2.11. The molecule has 2 aromatic rings. The molecule has 0 spiro atoms. The van der Waals surface area contributed by atoms with E-state index in [1.807, 2.05) is 0 Å². The van der Waals surface area contributed by atoms with Gasteiger partial charge in [-0.15, -0.1) is 0 Å². The average Bonchev–Trinajstić information content (AvgIpc) is 2.64. The third-order valence-corrected chi connectivity index (χ3v) is 3.30. The molecule has 0 unspecified atom stereocenters. The molecule has 0 fully saturated rings. The first-order valence-corrected chi connectivity index (χ1v) is 6.51. The van der Waals surface area contributed by atoms with Crippen LogP contribution in [0.2, 0.25) is 0 Å². The molecule has 1 aromatic heterocycles. The average molecular weight is 260 g/mol. The van der Waals surface area contributed by atoms with E-state index in [-0.39, 0.29) is 4.90 Å². The van der Waals surface area contributed by atoms with Gasteiger partial charge in [-0.1, -0.05) is 12.1 Å². The van der Waals surface area contributed by atoms with Crippen LogP contribution in [0, 0.1) is 0 Å². The molecule has 0 radical (unpaired) electrons. The zero-order valence-electron chi connectivity index (χ0n) is 7.81. The Morgan fingerprint density at radius 3 is 2.56 bits per heavy atom. The fraction of sp³-hybridized carbons (Fsp3) is 0. The maximum Gasteiger partial charge on any atom is 0.357 e. The van der Waals surface area contributed by atoms with E-state index in [1.54, 1.807) is 6.07 Å². The number of benzene rings is 1. The maximum absolute atomic E-state index is 11.1. The van der Waals surface area contributed by atoms with Crippen LogP contribution in [-0.4, -0.2) is 13.6 Å². The second-order valence-electron chi connectivity index (χ2n) is 3.05. The number of aromatic amines is 1. The molecule has 84 valence electrons. The molecule has 1 N–H and O–H groups in total. The molecule has 0 aliphatic heterocycles. The largest absolute Gasteiger partial charge is 0.357 e. The molecule has 0 atom stereocenters. The van der Waals surface area contributed by atoms with E-state index in [2.05, 4.69) is 9.68 Å². The second kappa shape index (κ2) is 3.80. The van der Waals surface area contributed by atoms with Crippen molar-refractivity contribution in [2.75, 3.05) is 0 Å². The molecule has 7 heteroatoms. The Hall–Kier alpha value is -1.53. The Labute approximate surface area is 95.0 Å². The molecular weight excluding hydrogens is 254 g/mol. The van der Waals surface area contributed by atoms with E-state index >= 15 is 0 Å². The van der Waals surface area contributed by atoms with Gasteiger partial charge in [0.2, 0.25) is 0 Å². The van der Waals surface area contributed by atoms with Gasteiger partial charge in [-0.3, -0.25) is 0 Å². The number of halogens is 1. The molecule has 0 aliphatic rings. The minimum absolute atomic E-state index is 0.0336. The van der Waals surface area contributed by atoms with Crippen molar-refractivity contribution in [1.82, 2.24) is 5.16 Å². The second-order valence-corrected chi connectivity index (χ2v) is 5.61. The van der Waals surface area contributed by atoms with Crippen molar-refractivity contribution in [2.45, 2.75) is 4.90 Å². The summed E-state index contributed by atoms with van der Waals surface area (Å²) in [5, 5.41) is 2.37. The van der Waals surface area contributed by atoms with Gasteiger partial charge in [0, 0.05) is 16.2 Å². The van der Waals surface area contributed by atoms with Gasteiger partial charge in [-0.25, -0.2) is 18.4 Å². The molecule has 0 bridgehead atoms. The van der Waals surface area contributed by atoms with Crippen molar-refractivity contribution in [3.63, 3.8) is 0 Å². The van der Waals surface area contributed by atoms with Gasteiger partial charge in [0.15, 0.2) is 0 Å². The monoisotopic (exact) mass is 259 g/mol. The molecule has 0 saturated heterocycles. The van der Waals surface area contributed by atoms with E-state index in [4.69, 9.17) is 10.7 Å². The van der Waals surface area contributed by atoms with Crippen molar-refractivity contribution < 1.29 is 12.9 Å². The molecule has 16 heavy (non-hydrogen) atoms. The van der Waals surface area contributed by atoms with Gasteiger partial charge in [-0.05, 0) is 12.1 Å². The van der Waals surface area contributed by atoms with E-state index in [1.165, 1.54) is 24.3 Å². The van der Waals surface area contributed by atoms with Crippen LogP contribution >= 0.6 is 10.7 Å². The smallest absolute Gasteiger partial charge is 0.339 e. The summed E-state index contributed by atoms with van der Waals surface area (Å²) in [6, 6.07) is 7.09. The van der Waals surface area contributed by atoms with Crippen molar-refractivity contribution in [3.05, 3.63) is 40.8 Å². The van der Waals surface area contributed by atoms with Crippen molar-refractivity contribution >= 4 is 19.7 Å². The van der Waals surface area contributed by atoms with E-state index in [9.17, 15) is 13.2 Å². The lowest BCUT2D eigenvalue weighted by Gasteiger charge is -1.99. The Morgan fingerprint density at radius 2 is 2.00 bits per heavy atom. The fourth-order valence-corrected chi connectivity index (χ4v) is 2.04. The lowest BCUT2D eigenvalue weighted by atomic mass is 10.2. The summed E-state index contributed by atoms with van der Waals surface area (Å²) in [6.45, 7) is 0. The Kier molecular flexibility index (Phi) is 2.61. The topological polar surface area (TPSA) is 80.1 Å². The highest BCUT2D eigenvalue weighted by Crippen LogP contribution is 2.21. The number of nitrogens with one attached hydrogen (secondary N) is 1. The van der Waals surface area contributed by atoms with Crippen LogP contribution in [0.1, 0.15) is 0 Å². The van der Waals surface area contributed by atoms with Crippen molar-refractivity contribution in [3.8, 4) is 11.3 Å². The fourth-order valence-electron chi connectivity index (χ4n) is 1.24. The minimum atomic E-state index is -3.78.